The lowest BCUT2D eigenvalue weighted by Gasteiger charge is -2.20. The van der Waals surface area contributed by atoms with Crippen LogP contribution in [0, 0.1) is 0 Å². The zero-order valence-corrected chi connectivity index (χ0v) is 31.0. The minimum absolute atomic E-state index is 0.112. The SMILES string of the molecule is NC1=CC(=O)/C(=N/Nc2ccc(Nc3ccc(N=Nc4c(S(=O)(=O)O)cc5c(c4N)C(=O)/C(=N\Nc4ccccc4)C(S(=O)(=O)O)=C5)cc3S(=O)(=O)O)cc2)C=C1. The largest absolute Gasteiger partial charge is 0.399 e. The zero-order valence-electron chi connectivity index (χ0n) is 28.6. The van der Waals surface area contributed by atoms with Gasteiger partial charge in [-0.2, -0.15) is 40.6 Å². The van der Waals surface area contributed by atoms with Gasteiger partial charge in [-0.05, 0) is 84.5 Å². The van der Waals surface area contributed by atoms with Crippen LogP contribution in [0.3, 0.4) is 0 Å². The Morgan fingerprint density at radius 1 is 0.632 bits per heavy atom. The topological polar surface area (TPSA) is 335 Å². The van der Waals surface area contributed by atoms with Crippen LogP contribution in [0.5, 0.6) is 0 Å². The van der Waals surface area contributed by atoms with Crippen molar-refractivity contribution in [3.63, 3.8) is 0 Å². The number of nitrogens with one attached hydrogen (secondary N) is 3. The normalized spacial score (nSPS) is 16.1. The number of fused-ring (bicyclic) bond motifs is 1. The van der Waals surface area contributed by atoms with Gasteiger partial charge in [-0.3, -0.25) is 34.1 Å². The Morgan fingerprint density at radius 2 is 1.26 bits per heavy atom. The van der Waals surface area contributed by atoms with E-state index in [4.69, 9.17) is 11.5 Å². The number of ketones is 2. The fraction of sp³-hybridized carbons (Fsp3) is 0. The van der Waals surface area contributed by atoms with Crippen molar-refractivity contribution in [1.29, 1.82) is 0 Å². The van der Waals surface area contributed by atoms with Gasteiger partial charge in [0.15, 0.2) is 5.71 Å². The standard InChI is InChI=1S/C34H27N9O11S3/c35-19-6-12-24(26(44)16-19)41-38-22-9-7-20(8-10-22)37-25-13-11-23(17-27(25)55(46,47)48)40-42-32-28(56(49,50)51)14-18-15-29(57(52,53)54)33(34(45)30(18)31(32)36)43-39-21-4-2-1-3-5-21/h1-17,37-39H,35-36H2,(H,46,47,48)(H,49,50,51)(H,52,53,54)/b41-24+,42-40?,43-33-. The predicted molar refractivity (Wildman–Crippen MR) is 210 cm³/mol. The van der Waals surface area contributed by atoms with Crippen molar-refractivity contribution < 1.29 is 48.5 Å². The molecular weight excluding hydrogens is 807 g/mol. The van der Waals surface area contributed by atoms with Gasteiger partial charge in [0.1, 0.15) is 26.1 Å². The van der Waals surface area contributed by atoms with Crippen molar-refractivity contribution in [2.24, 2.45) is 26.2 Å². The van der Waals surface area contributed by atoms with Crippen molar-refractivity contribution in [2.45, 2.75) is 9.79 Å². The fourth-order valence-corrected chi connectivity index (χ4v) is 7.26. The molecule has 4 aromatic carbocycles. The molecule has 2 aliphatic carbocycles. The Kier molecular flexibility index (Phi) is 10.7. The van der Waals surface area contributed by atoms with Crippen molar-refractivity contribution in [1.82, 2.24) is 0 Å². The second-order valence-electron chi connectivity index (χ2n) is 11.8. The summed E-state index contributed by atoms with van der Waals surface area (Å²) in [6, 6.07) is 18.1. The van der Waals surface area contributed by atoms with E-state index in [0.29, 0.717) is 23.1 Å². The molecule has 0 fully saturated rings. The van der Waals surface area contributed by atoms with Gasteiger partial charge in [0.2, 0.25) is 11.6 Å². The van der Waals surface area contributed by atoms with E-state index in [2.05, 4.69) is 36.6 Å². The number of allylic oxidation sites excluding steroid dienone is 4. The number of carbonyl (C=O) groups is 2. The molecule has 10 N–H and O–H groups in total. The molecule has 0 aromatic heterocycles. The third-order valence-electron chi connectivity index (χ3n) is 7.88. The highest BCUT2D eigenvalue weighted by Crippen LogP contribution is 2.41. The molecule has 0 saturated carbocycles. The fourth-order valence-electron chi connectivity index (χ4n) is 5.26. The third-order valence-corrected chi connectivity index (χ3v) is 10.5. The summed E-state index contributed by atoms with van der Waals surface area (Å²) >= 11 is 0. The highest BCUT2D eigenvalue weighted by Gasteiger charge is 2.37. The van der Waals surface area contributed by atoms with Gasteiger partial charge in [0, 0.05) is 17.5 Å². The van der Waals surface area contributed by atoms with E-state index >= 15 is 0 Å². The maximum absolute atomic E-state index is 13.7. The number of anilines is 5. The van der Waals surface area contributed by atoms with Crippen LogP contribution in [0.1, 0.15) is 15.9 Å². The first-order chi connectivity index (χ1) is 26.8. The van der Waals surface area contributed by atoms with Crippen LogP contribution in [0.2, 0.25) is 0 Å². The number of Topliss-reactive ketones (excluding diaryl/α,β-unsaturated/α-hetero) is 1. The van der Waals surface area contributed by atoms with E-state index in [9.17, 15) is 48.5 Å². The summed E-state index contributed by atoms with van der Waals surface area (Å²) in [6.45, 7) is 0. The summed E-state index contributed by atoms with van der Waals surface area (Å²) in [5.41, 5.74) is 14.8. The quantitative estimate of drug-likeness (QED) is 0.0337. The van der Waals surface area contributed by atoms with Gasteiger partial charge in [-0.25, -0.2) is 0 Å². The molecule has 2 aliphatic rings. The molecule has 0 aliphatic heterocycles. The smallest absolute Gasteiger partial charge is 0.296 e. The Balaban J connectivity index is 1.33. The van der Waals surface area contributed by atoms with E-state index in [-0.39, 0.29) is 22.8 Å². The van der Waals surface area contributed by atoms with Crippen molar-refractivity contribution in [3.8, 4) is 0 Å². The Hall–Kier alpha value is -6.89. The van der Waals surface area contributed by atoms with Crippen molar-refractivity contribution in [3.05, 3.63) is 119 Å². The van der Waals surface area contributed by atoms with Gasteiger partial charge in [-0.1, -0.05) is 18.2 Å². The number of hydrazone groups is 2. The molecule has 0 spiro atoms. The van der Waals surface area contributed by atoms with Crippen LogP contribution in [0.15, 0.2) is 138 Å². The average Bonchev–Trinajstić information content (AvgIpc) is 3.13. The molecule has 0 bridgehead atoms. The number of hydrogen-bond acceptors (Lipinski definition) is 17. The highest BCUT2D eigenvalue weighted by atomic mass is 32.2. The molecule has 4 aromatic rings. The Bertz CT molecular complexity index is 2890. The van der Waals surface area contributed by atoms with Gasteiger partial charge in [0.25, 0.3) is 30.4 Å². The lowest BCUT2D eigenvalue weighted by Crippen LogP contribution is -2.28. The summed E-state index contributed by atoms with van der Waals surface area (Å²) in [4.78, 5) is 23.0. The monoisotopic (exact) mass is 833 g/mol. The second kappa shape index (κ2) is 15.3. The molecule has 20 nitrogen and oxygen atoms in total. The summed E-state index contributed by atoms with van der Waals surface area (Å²) in [6.07, 6.45) is 4.89. The number of nitrogens with two attached hydrogens (primary N) is 2. The molecule has 6 rings (SSSR count). The Labute approximate surface area is 323 Å². The number of benzene rings is 4. The van der Waals surface area contributed by atoms with E-state index in [0.717, 1.165) is 12.1 Å². The average molecular weight is 834 g/mol. The lowest BCUT2D eigenvalue weighted by molar-refractivity contribution is -0.108. The molecule has 0 atom stereocenters. The van der Waals surface area contributed by atoms with Gasteiger partial charge >= 0.3 is 0 Å². The number of carbonyl (C=O) groups excluding carboxylic acids is 2. The first kappa shape index (κ1) is 39.8. The first-order valence-electron chi connectivity index (χ1n) is 15.8. The van der Waals surface area contributed by atoms with Crippen LogP contribution < -0.4 is 27.6 Å². The summed E-state index contributed by atoms with van der Waals surface area (Å²) in [5, 5.41) is 18.3. The maximum atomic E-state index is 13.7. The molecule has 57 heavy (non-hydrogen) atoms. The lowest BCUT2D eigenvalue weighted by atomic mass is 9.92. The molecule has 0 unspecified atom stereocenters. The predicted octanol–water partition coefficient (Wildman–Crippen LogP) is 4.56. The van der Waals surface area contributed by atoms with Crippen LogP contribution in [-0.4, -0.2) is 61.9 Å². The number of nitrogen functional groups attached to an aromatic ring is 1. The number of hydrogen-bond donors (Lipinski definition) is 8. The van der Waals surface area contributed by atoms with Gasteiger partial charge in [0.05, 0.1) is 34.0 Å². The van der Waals surface area contributed by atoms with Crippen molar-refractivity contribution in [2.75, 3.05) is 21.9 Å². The van der Waals surface area contributed by atoms with E-state index in [1.165, 1.54) is 54.6 Å². The number of azo groups is 1. The number of para-hydroxylation sites is 1. The minimum Gasteiger partial charge on any atom is -0.399 e. The Morgan fingerprint density at radius 3 is 1.89 bits per heavy atom. The molecule has 292 valence electrons. The van der Waals surface area contributed by atoms with E-state index in [1.807, 2.05) is 0 Å². The second-order valence-corrected chi connectivity index (χ2v) is 16.0. The molecule has 0 amide bonds. The van der Waals surface area contributed by atoms with Gasteiger partial charge in [-0.15, -0.1) is 5.11 Å². The maximum Gasteiger partial charge on any atom is 0.296 e. The summed E-state index contributed by atoms with van der Waals surface area (Å²) in [7, 11) is -15.3. The number of rotatable bonds is 11. The van der Waals surface area contributed by atoms with Gasteiger partial charge < -0.3 is 16.8 Å². The van der Waals surface area contributed by atoms with Crippen LogP contribution in [0.4, 0.5) is 39.8 Å². The zero-order chi connectivity index (χ0) is 41.3. The minimum atomic E-state index is -5.22. The summed E-state index contributed by atoms with van der Waals surface area (Å²) < 4.78 is 104. The molecular formula is C34H27N9O11S3. The van der Waals surface area contributed by atoms with Crippen molar-refractivity contribution >= 4 is 99.2 Å². The molecule has 23 heteroatoms. The van der Waals surface area contributed by atoms with Crippen LogP contribution >= 0.6 is 0 Å². The van der Waals surface area contributed by atoms with Crippen LogP contribution in [0.25, 0.3) is 6.08 Å². The van der Waals surface area contributed by atoms with Crippen LogP contribution in [-0.2, 0) is 35.1 Å². The molecule has 0 saturated heterocycles. The molecule has 0 heterocycles. The summed E-state index contributed by atoms with van der Waals surface area (Å²) in [5.74, 6) is -1.59. The highest BCUT2D eigenvalue weighted by molar-refractivity contribution is 7.91. The third kappa shape index (κ3) is 8.99. The first-order valence-corrected chi connectivity index (χ1v) is 20.1. The van der Waals surface area contributed by atoms with E-state index in [1.54, 1.807) is 30.3 Å². The number of nitrogens with zero attached hydrogens (tertiary/aromatic N) is 4. The van der Waals surface area contributed by atoms with E-state index < -0.39 is 84.8 Å². The molecule has 0 radical (unpaired) electrons.